The van der Waals surface area contributed by atoms with E-state index >= 15 is 0 Å². The third-order valence-corrected chi connectivity index (χ3v) is 2.42. The second-order valence-electron chi connectivity index (χ2n) is 3.69. The molecule has 2 rings (SSSR count). The van der Waals surface area contributed by atoms with Crippen molar-refractivity contribution < 1.29 is 9.53 Å². The van der Waals surface area contributed by atoms with E-state index in [1.807, 2.05) is 12.1 Å². The zero-order valence-electron chi connectivity index (χ0n) is 10.0. The topological polar surface area (TPSA) is 83.0 Å². The van der Waals surface area contributed by atoms with Gasteiger partial charge in [0, 0.05) is 12.4 Å². The van der Waals surface area contributed by atoms with Crippen molar-refractivity contribution in [1.29, 1.82) is 0 Å². The summed E-state index contributed by atoms with van der Waals surface area (Å²) in [6.07, 6.45) is 4.96. The van der Waals surface area contributed by atoms with Gasteiger partial charge in [0.05, 0.1) is 19.5 Å². The van der Waals surface area contributed by atoms with E-state index in [2.05, 4.69) is 9.97 Å². The minimum Gasteiger partial charge on any atom is -0.461 e. The highest BCUT2D eigenvalue weighted by molar-refractivity contribution is 5.92. The third kappa shape index (κ3) is 2.48. The van der Waals surface area contributed by atoms with Crippen LogP contribution in [0.4, 0.5) is 5.82 Å². The van der Waals surface area contributed by atoms with E-state index in [0.717, 1.165) is 5.56 Å². The van der Waals surface area contributed by atoms with Crippen molar-refractivity contribution in [2.24, 2.45) is 0 Å². The standard InChI is InChI=1S/C12H14N4O2/c1-2-18-12(17)10-11(13)16(8-15-10)7-9-4-3-5-14-6-9/h3-6,8H,2,7,13H2,1H3. The lowest BCUT2D eigenvalue weighted by Gasteiger charge is -2.05. The summed E-state index contributed by atoms with van der Waals surface area (Å²) in [7, 11) is 0. The van der Waals surface area contributed by atoms with Crippen LogP contribution < -0.4 is 5.73 Å². The molecule has 0 aliphatic rings. The number of carbonyl (C=O) groups excluding carboxylic acids is 1. The molecule has 6 nitrogen and oxygen atoms in total. The van der Waals surface area contributed by atoms with Crippen LogP contribution in [0.3, 0.4) is 0 Å². The molecule has 2 aromatic rings. The molecule has 2 aromatic heterocycles. The molecule has 0 saturated heterocycles. The normalized spacial score (nSPS) is 10.3. The number of ether oxygens (including phenoxy) is 1. The smallest absolute Gasteiger partial charge is 0.360 e. The molecular formula is C12H14N4O2. The summed E-state index contributed by atoms with van der Waals surface area (Å²) >= 11 is 0. The van der Waals surface area contributed by atoms with Crippen molar-refractivity contribution in [3.63, 3.8) is 0 Å². The molecule has 94 valence electrons. The summed E-state index contributed by atoms with van der Waals surface area (Å²) < 4.78 is 6.55. The van der Waals surface area contributed by atoms with Gasteiger partial charge in [-0.25, -0.2) is 9.78 Å². The van der Waals surface area contributed by atoms with Gasteiger partial charge in [0.2, 0.25) is 0 Å². The van der Waals surface area contributed by atoms with E-state index in [0.29, 0.717) is 19.0 Å². The Labute approximate surface area is 104 Å². The van der Waals surface area contributed by atoms with Gasteiger partial charge in [-0.2, -0.15) is 0 Å². The SMILES string of the molecule is CCOC(=O)c1ncn(Cc2cccnc2)c1N. The van der Waals surface area contributed by atoms with Gasteiger partial charge in [0.25, 0.3) is 0 Å². The minimum absolute atomic E-state index is 0.153. The highest BCUT2D eigenvalue weighted by atomic mass is 16.5. The Morgan fingerprint density at radius 2 is 2.39 bits per heavy atom. The number of nitrogens with zero attached hydrogens (tertiary/aromatic N) is 3. The monoisotopic (exact) mass is 246 g/mol. The molecule has 2 N–H and O–H groups in total. The molecule has 0 saturated carbocycles. The number of carbonyl (C=O) groups is 1. The Morgan fingerprint density at radius 1 is 1.56 bits per heavy atom. The fourth-order valence-electron chi connectivity index (χ4n) is 1.56. The van der Waals surface area contributed by atoms with Crippen molar-refractivity contribution >= 4 is 11.8 Å². The molecule has 0 spiro atoms. The number of esters is 1. The zero-order chi connectivity index (χ0) is 13.0. The van der Waals surface area contributed by atoms with E-state index in [-0.39, 0.29) is 5.69 Å². The Morgan fingerprint density at radius 3 is 3.06 bits per heavy atom. The molecular weight excluding hydrogens is 232 g/mol. The molecule has 6 heteroatoms. The Balaban J connectivity index is 2.18. The Hall–Kier alpha value is -2.37. The lowest BCUT2D eigenvalue weighted by atomic mass is 10.3. The van der Waals surface area contributed by atoms with Crippen molar-refractivity contribution in [3.8, 4) is 0 Å². The van der Waals surface area contributed by atoms with E-state index in [1.165, 1.54) is 6.33 Å². The highest BCUT2D eigenvalue weighted by Gasteiger charge is 2.16. The van der Waals surface area contributed by atoms with Gasteiger partial charge in [-0.05, 0) is 18.6 Å². The number of imidazole rings is 1. The van der Waals surface area contributed by atoms with Gasteiger partial charge in [-0.1, -0.05) is 6.07 Å². The summed E-state index contributed by atoms with van der Waals surface area (Å²) in [6, 6.07) is 3.77. The quantitative estimate of drug-likeness (QED) is 0.816. The minimum atomic E-state index is -0.500. The van der Waals surface area contributed by atoms with Crippen LogP contribution in [-0.2, 0) is 11.3 Å². The number of pyridine rings is 1. The molecule has 0 aromatic carbocycles. The number of hydrogen-bond donors (Lipinski definition) is 1. The number of nitrogens with two attached hydrogens (primary N) is 1. The molecule has 0 aliphatic heterocycles. The van der Waals surface area contributed by atoms with Gasteiger partial charge < -0.3 is 15.0 Å². The maximum Gasteiger partial charge on any atom is 0.360 e. The van der Waals surface area contributed by atoms with Gasteiger partial charge in [0.15, 0.2) is 5.69 Å². The van der Waals surface area contributed by atoms with Gasteiger partial charge in [-0.3, -0.25) is 4.98 Å². The second-order valence-corrected chi connectivity index (χ2v) is 3.69. The number of anilines is 1. The molecule has 0 bridgehead atoms. The lowest BCUT2D eigenvalue weighted by molar-refractivity contribution is 0.0521. The Bertz CT molecular complexity index is 536. The average Bonchev–Trinajstić information content (AvgIpc) is 2.73. The van der Waals surface area contributed by atoms with E-state index < -0.39 is 5.97 Å². The predicted molar refractivity (Wildman–Crippen MR) is 65.9 cm³/mol. The lowest BCUT2D eigenvalue weighted by Crippen LogP contribution is -2.10. The Kier molecular flexibility index (Phi) is 3.57. The first-order chi connectivity index (χ1) is 8.72. The van der Waals surface area contributed by atoms with Crippen LogP contribution in [0.1, 0.15) is 23.0 Å². The summed E-state index contributed by atoms with van der Waals surface area (Å²) in [4.78, 5) is 19.5. The first-order valence-electron chi connectivity index (χ1n) is 5.59. The molecule has 2 heterocycles. The number of hydrogen-bond acceptors (Lipinski definition) is 5. The maximum atomic E-state index is 11.5. The third-order valence-electron chi connectivity index (χ3n) is 2.42. The van der Waals surface area contributed by atoms with Crippen LogP contribution in [0.15, 0.2) is 30.9 Å². The molecule has 18 heavy (non-hydrogen) atoms. The summed E-state index contributed by atoms with van der Waals surface area (Å²) in [5.74, 6) is -0.197. The fraction of sp³-hybridized carbons (Fsp3) is 0.250. The van der Waals surface area contributed by atoms with Crippen molar-refractivity contribution in [2.45, 2.75) is 13.5 Å². The van der Waals surface area contributed by atoms with E-state index in [4.69, 9.17) is 10.5 Å². The zero-order valence-corrected chi connectivity index (χ0v) is 10.0. The van der Waals surface area contributed by atoms with Crippen molar-refractivity contribution in [2.75, 3.05) is 12.3 Å². The number of aromatic nitrogens is 3. The highest BCUT2D eigenvalue weighted by Crippen LogP contribution is 2.13. The largest absolute Gasteiger partial charge is 0.461 e. The first kappa shape index (κ1) is 12.1. The predicted octanol–water partition coefficient (Wildman–Crippen LogP) is 1.09. The number of rotatable bonds is 4. The van der Waals surface area contributed by atoms with Gasteiger partial charge in [0.1, 0.15) is 5.82 Å². The fourth-order valence-corrected chi connectivity index (χ4v) is 1.56. The maximum absolute atomic E-state index is 11.5. The second kappa shape index (κ2) is 5.31. The van der Waals surface area contributed by atoms with Gasteiger partial charge in [-0.15, -0.1) is 0 Å². The number of nitrogen functional groups attached to an aromatic ring is 1. The van der Waals surface area contributed by atoms with Crippen LogP contribution in [0, 0.1) is 0 Å². The van der Waals surface area contributed by atoms with E-state index in [1.54, 1.807) is 23.9 Å². The van der Waals surface area contributed by atoms with Crippen molar-refractivity contribution in [1.82, 2.24) is 14.5 Å². The van der Waals surface area contributed by atoms with Crippen LogP contribution in [0.2, 0.25) is 0 Å². The molecule has 0 aliphatic carbocycles. The summed E-state index contributed by atoms with van der Waals surface area (Å²) in [6.45, 7) is 2.56. The van der Waals surface area contributed by atoms with Crippen LogP contribution in [0.25, 0.3) is 0 Å². The van der Waals surface area contributed by atoms with Crippen LogP contribution >= 0.6 is 0 Å². The molecule has 0 amide bonds. The van der Waals surface area contributed by atoms with E-state index in [9.17, 15) is 4.79 Å². The molecule has 0 atom stereocenters. The first-order valence-corrected chi connectivity index (χ1v) is 5.59. The molecule has 0 radical (unpaired) electrons. The van der Waals surface area contributed by atoms with Gasteiger partial charge >= 0.3 is 5.97 Å². The summed E-state index contributed by atoms with van der Waals surface area (Å²) in [5, 5.41) is 0. The van der Waals surface area contributed by atoms with Crippen LogP contribution in [-0.4, -0.2) is 27.1 Å². The molecule has 0 unspecified atom stereocenters. The summed E-state index contributed by atoms with van der Waals surface area (Å²) in [5.41, 5.74) is 7.00. The average molecular weight is 246 g/mol. The molecule has 0 fully saturated rings. The van der Waals surface area contributed by atoms with Crippen molar-refractivity contribution in [3.05, 3.63) is 42.1 Å². The van der Waals surface area contributed by atoms with Crippen LogP contribution in [0.5, 0.6) is 0 Å².